The Hall–Kier alpha value is -1.14. The molecule has 0 radical (unpaired) electrons. The van der Waals surface area contributed by atoms with Crippen molar-refractivity contribution in [2.24, 2.45) is 0 Å². The Kier molecular flexibility index (Phi) is 5.10. The summed E-state index contributed by atoms with van der Waals surface area (Å²) in [4.78, 5) is 37.8. The lowest BCUT2D eigenvalue weighted by atomic mass is 10.0. The van der Waals surface area contributed by atoms with Gasteiger partial charge in [-0.1, -0.05) is 0 Å². The van der Waals surface area contributed by atoms with Gasteiger partial charge in [-0.3, -0.25) is 19.4 Å². The minimum atomic E-state index is -0.444. The van der Waals surface area contributed by atoms with Gasteiger partial charge in [-0.25, -0.2) is 4.79 Å². The predicted molar refractivity (Wildman–Crippen MR) is 67.4 cm³/mol. The summed E-state index contributed by atoms with van der Waals surface area (Å²) in [6, 6.07) is -0.501. The fraction of sp³-hybridized carbons (Fsp3) is 0.727. The van der Waals surface area contributed by atoms with E-state index in [0.29, 0.717) is 6.54 Å². The van der Waals surface area contributed by atoms with E-state index in [2.05, 4.69) is 5.32 Å². The van der Waals surface area contributed by atoms with Crippen LogP contribution in [0.3, 0.4) is 0 Å². The van der Waals surface area contributed by atoms with E-state index < -0.39 is 6.03 Å². The van der Waals surface area contributed by atoms with E-state index in [9.17, 15) is 14.4 Å². The molecule has 0 saturated carbocycles. The molecule has 2 heterocycles. The van der Waals surface area contributed by atoms with E-state index in [1.54, 1.807) is 6.92 Å². The Morgan fingerprint density at radius 1 is 1.17 bits per heavy atom. The summed E-state index contributed by atoms with van der Waals surface area (Å²) in [5, 5.41) is 3.19. The number of imide groups is 2. The van der Waals surface area contributed by atoms with Crippen molar-refractivity contribution in [3.8, 4) is 0 Å². The number of piperidine rings is 1. The maximum atomic E-state index is 12.1. The standard InChI is InChI=1S/C11H17N3O3.ClH/c1-2-13-9(15)7-10(16)14(11(13)17)8-3-5-12-6-4-8;/h8,12H,2-7H2,1H3;1H. The molecule has 2 aliphatic heterocycles. The monoisotopic (exact) mass is 275 g/mol. The summed E-state index contributed by atoms with van der Waals surface area (Å²) < 4.78 is 0. The maximum Gasteiger partial charge on any atom is 0.333 e. The van der Waals surface area contributed by atoms with Gasteiger partial charge in [0.2, 0.25) is 11.8 Å². The van der Waals surface area contributed by atoms with Crippen molar-refractivity contribution < 1.29 is 14.4 Å². The van der Waals surface area contributed by atoms with Gasteiger partial charge in [0.1, 0.15) is 6.42 Å². The summed E-state index contributed by atoms with van der Waals surface area (Å²) in [5.41, 5.74) is 0. The summed E-state index contributed by atoms with van der Waals surface area (Å²) in [6.45, 7) is 3.68. The molecule has 0 atom stereocenters. The average Bonchev–Trinajstić information content (AvgIpc) is 2.30. The van der Waals surface area contributed by atoms with Crippen molar-refractivity contribution in [1.82, 2.24) is 15.1 Å². The minimum absolute atomic E-state index is 0. The van der Waals surface area contributed by atoms with Crippen LogP contribution in [0.2, 0.25) is 0 Å². The Morgan fingerprint density at radius 2 is 1.78 bits per heavy atom. The van der Waals surface area contributed by atoms with Crippen LogP contribution in [0.5, 0.6) is 0 Å². The molecule has 0 aromatic heterocycles. The number of amides is 4. The minimum Gasteiger partial charge on any atom is -0.317 e. The molecule has 102 valence electrons. The lowest BCUT2D eigenvalue weighted by molar-refractivity contribution is -0.144. The molecule has 0 aromatic rings. The molecule has 1 N–H and O–H groups in total. The molecule has 0 aliphatic carbocycles. The quantitative estimate of drug-likeness (QED) is 0.739. The molecule has 0 bridgehead atoms. The molecule has 2 rings (SSSR count). The number of carbonyl (C=O) groups excluding carboxylic acids is 3. The van der Waals surface area contributed by atoms with E-state index in [1.165, 1.54) is 4.90 Å². The van der Waals surface area contributed by atoms with Crippen LogP contribution in [0, 0.1) is 0 Å². The van der Waals surface area contributed by atoms with Gasteiger partial charge in [0, 0.05) is 12.6 Å². The fourth-order valence-electron chi connectivity index (χ4n) is 2.39. The third-order valence-electron chi connectivity index (χ3n) is 3.30. The summed E-state index contributed by atoms with van der Waals surface area (Å²) >= 11 is 0. The molecule has 2 saturated heterocycles. The molecular weight excluding hydrogens is 258 g/mol. The van der Waals surface area contributed by atoms with Crippen LogP contribution in [0.15, 0.2) is 0 Å². The van der Waals surface area contributed by atoms with E-state index in [4.69, 9.17) is 0 Å². The van der Waals surface area contributed by atoms with Crippen LogP contribution in [0.4, 0.5) is 4.79 Å². The number of hydrogen-bond acceptors (Lipinski definition) is 4. The van der Waals surface area contributed by atoms with Crippen molar-refractivity contribution in [2.75, 3.05) is 19.6 Å². The zero-order valence-electron chi connectivity index (χ0n) is 10.3. The van der Waals surface area contributed by atoms with E-state index in [0.717, 1.165) is 30.8 Å². The van der Waals surface area contributed by atoms with Gasteiger partial charge in [0.05, 0.1) is 0 Å². The van der Waals surface area contributed by atoms with Crippen molar-refractivity contribution in [3.63, 3.8) is 0 Å². The van der Waals surface area contributed by atoms with E-state index in [1.807, 2.05) is 0 Å². The molecule has 0 unspecified atom stereocenters. The van der Waals surface area contributed by atoms with Gasteiger partial charge in [-0.15, -0.1) is 12.4 Å². The molecule has 2 aliphatic rings. The summed E-state index contributed by atoms with van der Waals surface area (Å²) in [5.74, 6) is -0.732. The third-order valence-corrected chi connectivity index (χ3v) is 3.30. The van der Waals surface area contributed by atoms with Gasteiger partial charge < -0.3 is 5.32 Å². The van der Waals surface area contributed by atoms with Crippen molar-refractivity contribution >= 4 is 30.3 Å². The number of barbiturate groups is 1. The molecule has 6 nitrogen and oxygen atoms in total. The van der Waals surface area contributed by atoms with Gasteiger partial charge in [-0.2, -0.15) is 0 Å². The molecule has 0 spiro atoms. The largest absolute Gasteiger partial charge is 0.333 e. The van der Waals surface area contributed by atoms with Crippen molar-refractivity contribution in [1.29, 1.82) is 0 Å². The number of nitrogens with zero attached hydrogens (tertiary/aromatic N) is 2. The van der Waals surface area contributed by atoms with Crippen molar-refractivity contribution in [3.05, 3.63) is 0 Å². The van der Waals surface area contributed by atoms with Gasteiger partial charge in [0.15, 0.2) is 0 Å². The van der Waals surface area contributed by atoms with Gasteiger partial charge in [0.25, 0.3) is 0 Å². The summed E-state index contributed by atoms with van der Waals surface area (Å²) in [7, 11) is 0. The predicted octanol–water partition coefficient (Wildman–Crippen LogP) is 0.361. The second-order valence-electron chi connectivity index (χ2n) is 4.34. The Bertz CT molecular complexity index is 355. The second-order valence-corrected chi connectivity index (χ2v) is 4.34. The highest BCUT2D eigenvalue weighted by atomic mass is 35.5. The number of rotatable bonds is 2. The van der Waals surface area contributed by atoms with Gasteiger partial charge in [-0.05, 0) is 32.9 Å². The number of hydrogen-bond donors (Lipinski definition) is 1. The topological polar surface area (TPSA) is 69.7 Å². The third kappa shape index (κ3) is 2.64. The highest BCUT2D eigenvalue weighted by Crippen LogP contribution is 2.20. The first-order chi connectivity index (χ1) is 8.15. The first-order valence-electron chi connectivity index (χ1n) is 6.02. The lowest BCUT2D eigenvalue weighted by Crippen LogP contribution is -2.59. The average molecular weight is 276 g/mol. The molecule has 0 aromatic carbocycles. The van der Waals surface area contributed by atoms with Crippen LogP contribution in [-0.2, 0) is 9.59 Å². The molecule has 4 amide bonds. The highest BCUT2D eigenvalue weighted by molar-refractivity contribution is 6.14. The van der Waals surface area contributed by atoms with Crippen LogP contribution in [0.1, 0.15) is 26.2 Å². The Morgan fingerprint density at radius 3 is 2.33 bits per heavy atom. The smallest absolute Gasteiger partial charge is 0.317 e. The number of halogens is 1. The Balaban J connectivity index is 0.00000162. The van der Waals surface area contributed by atoms with Gasteiger partial charge >= 0.3 is 6.03 Å². The van der Waals surface area contributed by atoms with Crippen LogP contribution < -0.4 is 5.32 Å². The second kappa shape index (κ2) is 6.15. The highest BCUT2D eigenvalue weighted by Gasteiger charge is 2.40. The maximum absolute atomic E-state index is 12.1. The molecule has 7 heteroatoms. The molecule has 2 fully saturated rings. The molecule has 18 heavy (non-hydrogen) atoms. The molecular formula is C11H18ClN3O3. The first kappa shape index (κ1) is 14.9. The normalized spacial score (nSPS) is 22.2. The SMILES string of the molecule is CCN1C(=O)CC(=O)N(C2CCNCC2)C1=O.Cl. The van der Waals surface area contributed by atoms with Crippen LogP contribution in [0.25, 0.3) is 0 Å². The zero-order valence-corrected chi connectivity index (χ0v) is 11.2. The van der Waals surface area contributed by atoms with E-state index >= 15 is 0 Å². The number of urea groups is 1. The fourth-order valence-corrected chi connectivity index (χ4v) is 2.39. The van der Waals surface area contributed by atoms with Crippen LogP contribution >= 0.6 is 12.4 Å². The van der Waals surface area contributed by atoms with Crippen LogP contribution in [-0.4, -0.2) is 53.3 Å². The van der Waals surface area contributed by atoms with E-state index in [-0.39, 0.29) is 36.7 Å². The Labute approximate surface area is 112 Å². The lowest BCUT2D eigenvalue weighted by Gasteiger charge is -2.38. The number of carbonyl (C=O) groups is 3. The number of nitrogens with one attached hydrogen (secondary N) is 1. The first-order valence-corrected chi connectivity index (χ1v) is 6.02. The summed E-state index contributed by atoms with van der Waals surface area (Å²) in [6.07, 6.45) is 1.36. The van der Waals surface area contributed by atoms with Crippen molar-refractivity contribution in [2.45, 2.75) is 32.2 Å². The zero-order chi connectivity index (χ0) is 12.4.